The average molecular weight is 353 g/mol. The summed E-state index contributed by atoms with van der Waals surface area (Å²) in [4.78, 5) is 0. The molecule has 2 aromatic carbocycles. The van der Waals surface area contributed by atoms with Crippen molar-refractivity contribution in [1.29, 1.82) is 0 Å². The number of aryl methyl sites for hydroxylation is 1. The van der Waals surface area contributed by atoms with Crippen molar-refractivity contribution < 1.29 is 9.47 Å². The van der Waals surface area contributed by atoms with Crippen molar-refractivity contribution in [1.82, 2.24) is 20.2 Å². The van der Waals surface area contributed by atoms with E-state index in [0.29, 0.717) is 19.1 Å². The SMILES string of the molecule is CCCOc1ccc(CNc2nnnn2-c2ccc(C)cc2)cc1OC. The van der Waals surface area contributed by atoms with Gasteiger partial charge in [-0.1, -0.05) is 35.8 Å². The maximum Gasteiger partial charge on any atom is 0.248 e. The smallest absolute Gasteiger partial charge is 0.248 e. The van der Waals surface area contributed by atoms with Crippen molar-refractivity contribution >= 4 is 5.95 Å². The third kappa shape index (κ3) is 4.11. The van der Waals surface area contributed by atoms with E-state index in [2.05, 4.69) is 27.8 Å². The molecule has 1 N–H and O–H groups in total. The molecule has 0 radical (unpaired) electrons. The fraction of sp³-hybridized carbons (Fsp3) is 0.316. The van der Waals surface area contributed by atoms with E-state index in [4.69, 9.17) is 9.47 Å². The Morgan fingerprint density at radius 3 is 2.62 bits per heavy atom. The fourth-order valence-corrected chi connectivity index (χ4v) is 2.49. The third-order valence-corrected chi connectivity index (χ3v) is 3.89. The van der Waals surface area contributed by atoms with Gasteiger partial charge in [-0.25, -0.2) is 0 Å². The average Bonchev–Trinajstić information content (AvgIpc) is 3.14. The van der Waals surface area contributed by atoms with E-state index in [-0.39, 0.29) is 0 Å². The number of aromatic nitrogens is 4. The summed E-state index contributed by atoms with van der Waals surface area (Å²) in [5.41, 5.74) is 3.14. The van der Waals surface area contributed by atoms with Crippen LogP contribution in [0, 0.1) is 6.92 Å². The number of tetrazole rings is 1. The number of methoxy groups -OCH3 is 1. The van der Waals surface area contributed by atoms with Gasteiger partial charge in [-0.15, -0.1) is 0 Å². The van der Waals surface area contributed by atoms with Gasteiger partial charge < -0.3 is 14.8 Å². The molecule has 136 valence electrons. The minimum atomic E-state index is 0.566. The number of nitrogens with one attached hydrogen (secondary N) is 1. The molecular formula is C19H23N5O2. The molecule has 1 aromatic heterocycles. The van der Waals surface area contributed by atoms with Crippen LogP contribution in [-0.2, 0) is 6.54 Å². The molecule has 0 aliphatic rings. The van der Waals surface area contributed by atoms with Gasteiger partial charge in [-0.2, -0.15) is 4.68 Å². The summed E-state index contributed by atoms with van der Waals surface area (Å²) in [5, 5.41) is 15.2. The monoisotopic (exact) mass is 353 g/mol. The summed E-state index contributed by atoms with van der Waals surface area (Å²) in [6, 6.07) is 13.9. The highest BCUT2D eigenvalue weighted by molar-refractivity contribution is 5.45. The molecule has 3 rings (SSSR count). The Bertz CT molecular complexity index is 845. The Kier molecular flexibility index (Phi) is 5.68. The maximum absolute atomic E-state index is 5.69. The molecule has 0 saturated carbocycles. The molecule has 0 unspecified atom stereocenters. The van der Waals surface area contributed by atoms with Crippen LogP contribution in [0.2, 0.25) is 0 Å². The van der Waals surface area contributed by atoms with Gasteiger partial charge in [0.25, 0.3) is 0 Å². The van der Waals surface area contributed by atoms with Gasteiger partial charge in [-0.05, 0) is 53.6 Å². The Hall–Kier alpha value is -3.09. The summed E-state index contributed by atoms with van der Waals surface area (Å²) >= 11 is 0. The highest BCUT2D eigenvalue weighted by atomic mass is 16.5. The molecule has 0 aliphatic carbocycles. The van der Waals surface area contributed by atoms with E-state index in [0.717, 1.165) is 29.2 Å². The van der Waals surface area contributed by atoms with E-state index in [1.165, 1.54) is 5.56 Å². The highest BCUT2D eigenvalue weighted by Gasteiger charge is 2.09. The van der Waals surface area contributed by atoms with Gasteiger partial charge >= 0.3 is 0 Å². The zero-order valence-corrected chi connectivity index (χ0v) is 15.3. The quantitative estimate of drug-likeness (QED) is 0.669. The number of anilines is 1. The Morgan fingerprint density at radius 2 is 1.88 bits per heavy atom. The van der Waals surface area contributed by atoms with Gasteiger partial charge in [0, 0.05) is 6.54 Å². The first-order chi connectivity index (χ1) is 12.7. The molecule has 0 atom stereocenters. The summed E-state index contributed by atoms with van der Waals surface area (Å²) in [6.07, 6.45) is 0.953. The lowest BCUT2D eigenvalue weighted by molar-refractivity contribution is 0.294. The summed E-state index contributed by atoms with van der Waals surface area (Å²) < 4.78 is 12.8. The van der Waals surface area contributed by atoms with Crippen molar-refractivity contribution in [3.8, 4) is 17.2 Å². The van der Waals surface area contributed by atoms with Crippen LogP contribution in [0.1, 0.15) is 24.5 Å². The number of hydrogen-bond acceptors (Lipinski definition) is 6. The minimum absolute atomic E-state index is 0.566. The molecule has 7 nitrogen and oxygen atoms in total. The van der Waals surface area contributed by atoms with Crippen molar-refractivity contribution in [3.05, 3.63) is 53.6 Å². The van der Waals surface area contributed by atoms with Crippen molar-refractivity contribution in [3.63, 3.8) is 0 Å². The molecule has 0 amide bonds. The van der Waals surface area contributed by atoms with Gasteiger partial charge in [-0.3, -0.25) is 0 Å². The second kappa shape index (κ2) is 8.33. The fourth-order valence-electron chi connectivity index (χ4n) is 2.49. The number of nitrogens with zero attached hydrogens (tertiary/aromatic N) is 4. The van der Waals surface area contributed by atoms with Crippen LogP contribution in [-0.4, -0.2) is 33.9 Å². The van der Waals surface area contributed by atoms with E-state index < -0.39 is 0 Å². The molecule has 3 aromatic rings. The molecule has 0 saturated heterocycles. The number of ether oxygens (including phenoxy) is 2. The molecular weight excluding hydrogens is 330 g/mol. The van der Waals surface area contributed by atoms with Gasteiger partial charge in [0.2, 0.25) is 5.95 Å². The lowest BCUT2D eigenvalue weighted by Crippen LogP contribution is -2.08. The van der Waals surface area contributed by atoms with E-state index in [1.807, 2.05) is 49.4 Å². The topological polar surface area (TPSA) is 74.1 Å². The lowest BCUT2D eigenvalue weighted by atomic mass is 10.2. The van der Waals surface area contributed by atoms with Gasteiger partial charge in [0.05, 0.1) is 19.4 Å². The Balaban J connectivity index is 1.72. The predicted molar refractivity (Wildman–Crippen MR) is 100.0 cm³/mol. The Labute approximate surface area is 152 Å². The predicted octanol–water partition coefficient (Wildman–Crippen LogP) is 3.38. The van der Waals surface area contributed by atoms with Crippen LogP contribution >= 0.6 is 0 Å². The zero-order valence-electron chi connectivity index (χ0n) is 15.3. The number of benzene rings is 2. The van der Waals surface area contributed by atoms with Crippen LogP contribution in [0.5, 0.6) is 11.5 Å². The molecule has 26 heavy (non-hydrogen) atoms. The largest absolute Gasteiger partial charge is 0.493 e. The maximum atomic E-state index is 5.69. The molecule has 0 bridgehead atoms. The first kappa shape index (κ1) is 17.7. The minimum Gasteiger partial charge on any atom is -0.493 e. The van der Waals surface area contributed by atoms with Crippen LogP contribution in [0.25, 0.3) is 5.69 Å². The number of rotatable bonds is 8. The molecule has 0 spiro atoms. The van der Waals surface area contributed by atoms with Gasteiger partial charge in [0.15, 0.2) is 11.5 Å². The van der Waals surface area contributed by atoms with E-state index >= 15 is 0 Å². The van der Waals surface area contributed by atoms with Crippen molar-refractivity contribution in [2.24, 2.45) is 0 Å². The first-order valence-corrected chi connectivity index (χ1v) is 8.60. The van der Waals surface area contributed by atoms with E-state index in [9.17, 15) is 0 Å². The summed E-state index contributed by atoms with van der Waals surface area (Å²) in [5.74, 6) is 2.05. The van der Waals surface area contributed by atoms with E-state index in [1.54, 1.807) is 11.8 Å². The normalized spacial score (nSPS) is 10.6. The molecule has 0 fully saturated rings. The van der Waals surface area contributed by atoms with Crippen LogP contribution < -0.4 is 14.8 Å². The van der Waals surface area contributed by atoms with Crippen molar-refractivity contribution in [2.75, 3.05) is 19.0 Å². The third-order valence-electron chi connectivity index (χ3n) is 3.89. The molecule has 7 heteroatoms. The summed E-state index contributed by atoms with van der Waals surface area (Å²) in [6.45, 7) is 5.35. The van der Waals surface area contributed by atoms with Gasteiger partial charge in [0.1, 0.15) is 0 Å². The standard InChI is InChI=1S/C19H23N5O2/c1-4-11-26-17-10-7-15(12-18(17)25-3)13-20-19-21-22-23-24(19)16-8-5-14(2)6-9-16/h5-10,12H,4,11,13H2,1-3H3,(H,20,21,23). The summed E-state index contributed by atoms with van der Waals surface area (Å²) in [7, 11) is 1.64. The second-order valence-corrected chi connectivity index (χ2v) is 5.94. The molecule has 1 heterocycles. The second-order valence-electron chi connectivity index (χ2n) is 5.94. The highest BCUT2D eigenvalue weighted by Crippen LogP contribution is 2.28. The van der Waals surface area contributed by atoms with Crippen LogP contribution in [0.15, 0.2) is 42.5 Å². The Morgan fingerprint density at radius 1 is 1.08 bits per heavy atom. The zero-order chi connectivity index (χ0) is 18.4. The van der Waals surface area contributed by atoms with Crippen molar-refractivity contribution in [2.45, 2.75) is 26.8 Å². The molecule has 0 aliphatic heterocycles. The first-order valence-electron chi connectivity index (χ1n) is 8.60. The van der Waals surface area contributed by atoms with Crippen LogP contribution in [0.3, 0.4) is 0 Å². The van der Waals surface area contributed by atoms with Crippen LogP contribution in [0.4, 0.5) is 5.95 Å². The lowest BCUT2D eigenvalue weighted by Gasteiger charge is -2.12. The number of hydrogen-bond donors (Lipinski definition) is 1.